The van der Waals surface area contributed by atoms with E-state index < -0.39 is 5.60 Å². The lowest BCUT2D eigenvalue weighted by Crippen LogP contribution is -2.50. The van der Waals surface area contributed by atoms with Crippen molar-refractivity contribution in [3.05, 3.63) is 16.9 Å². The molecule has 2 aliphatic rings. The van der Waals surface area contributed by atoms with Crippen LogP contribution in [0.1, 0.15) is 27.2 Å². The highest BCUT2D eigenvalue weighted by atomic mass is 79.9. The maximum atomic E-state index is 12.2. The van der Waals surface area contributed by atoms with Crippen molar-refractivity contribution >= 4 is 28.0 Å². The van der Waals surface area contributed by atoms with Crippen LogP contribution in [0.25, 0.3) is 0 Å². The largest absolute Gasteiger partial charge is 0.444 e. The summed E-state index contributed by atoms with van der Waals surface area (Å²) in [4.78, 5) is 24.9. The molecule has 0 saturated carbocycles. The van der Waals surface area contributed by atoms with Gasteiger partial charge in [-0.2, -0.15) is 0 Å². The standard InChI is InChI=1S/C14H19BrN4O2/c1-14(2,3)21-13(20)19-8-10-4-11(19)7-18(10)12-16-5-9(15)6-17-12/h5-6,10-11H,4,7-8H2,1-3H3. The molecule has 3 rings (SSSR count). The first-order valence-electron chi connectivity index (χ1n) is 7.07. The molecule has 0 aromatic carbocycles. The molecule has 1 amide bonds. The van der Waals surface area contributed by atoms with Gasteiger partial charge in [0.15, 0.2) is 0 Å². The molecule has 2 bridgehead atoms. The summed E-state index contributed by atoms with van der Waals surface area (Å²) in [5, 5.41) is 0. The van der Waals surface area contributed by atoms with Crippen LogP contribution in [0.5, 0.6) is 0 Å². The molecular weight excluding hydrogens is 336 g/mol. The summed E-state index contributed by atoms with van der Waals surface area (Å²) < 4.78 is 6.33. The van der Waals surface area contributed by atoms with Gasteiger partial charge in [0.2, 0.25) is 5.95 Å². The smallest absolute Gasteiger partial charge is 0.410 e. The van der Waals surface area contributed by atoms with E-state index in [1.807, 2.05) is 25.7 Å². The summed E-state index contributed by atoms with van der Waals surface area (Å²) in [5.74, 6) is 0.731. The minimum atomic E-state index is -0.451. The van der Waals surface area contributed by atoms with E-state index in [0.29, 0.717) is 6.54 Å². The van der Waals surface area contributed by atoms with Gasteiger partial charge in [-0.1, -0.05) is 0 Å². The molecule has 1 aromatic rings. The Kier molecular flexibility index (Phi) is 3.55. The Labute approximate surface area is 132 Å². The third-order valence-corrected chi connectivity index (χ3v) is 4.14. The molecule has 2 saturated heterocycles. The zero-order valence-electron chi connectivity index (χ0n) is 12.4. The monoisotopic (exact) mass is 354 g/mol. The number of ether oxygens (including phenoxy) is 1. The van der Waals surface area contributed by atoms with Crippen molar-refractivity contribution in [2.45, 2.75) is 44.9 Å². The van der Waals surface area contributed by atoms with E-state index in [4.69, 9.17) is 4.74 Å². The van der Waals surface area contributed by atoms with E-state index in [2.05, 4.69) is 30.8 Å². The lowest BCUT2D eigenvalue weighted by molar-refractivity contribution is 0.0214. The first kappa shape index (κ1) is 14.6. The molecule has 2 fully saturated rings. The average Bonchev–Trinajstić information content (AvgIpc) is 2.97. The molecule has 1 aromatic heterocycles. The van der Waals surface area contributed by atoms with Crippen LogP contribution in [0.3, 0.4) is 0 Å². The number of halogens is 1. The number of hydrogen-bond donors (Lipinski definition) is 0. The normalized spacial score (nSPS) is 24.6. The fourth-order valence-corrected chi connectivity index (χ4v) is 3.11. The maximum absolute atomic E-state index is 12.2. The Hall–Kier alpha value is -1.37. The second-order valence-electron chi connectivity index (χ2n) is 6.53. The minimum Gasteiger partial charge on any atom is -0.444 e. The van der Waals surface area contributed by atoms with Gasteiger partial charge in [-0.3, -0.25) is 0 Å². The van der Waals surface area contributed by atoms with Gasteiger partial charge in [0.25, 0.3) is 0 Å². The van der Waals surface area contributed by atoms with E-state index >= 15 is 0 Å². The van der Waals surface area contributed by atoms with E-state index in [-0.39, 0.29) is 18.2 Å². The topological polar surface area (TPSA) is 58.6 Å². The molecule has 21 heavy (non-hydrogen) atoms. The number of anilines is 1. The number of likely N-dealkylation sites (tertiary alicyclic amines) is 1. The van der Waals surface area contributed by atoms with Crippen molar-refractivity contribution in [3.63, 3.8) is 0 Å². The third kappa shape index (κ3) is 2.97. The molecular formula is C14H19BrN4O2. The van der Waals surface area contributed by atoms with E-state index in [1.54, 1.807) is 12.4 Å². The van der Waals surface area contributed by atoms with Crippen LogP contribution >= 0.6 is 15.9 Å². The summed E-state index contributed by atoms with van der Waals surface area (Å²) >= 11 is 3.34. The highest BCUT2D eigenvalue weighted by molar-refractivity contribution is 9.10. The van der Waals surface area contributed by atoms with Crippen LogP contribution in [0.2, 0.25) is 0 Å². The van der Waals surface area contributed by atoms with E-state index in [0.717, 1.165) is 23.4 Å². The first-order valence-corrected chi connectivity index (χ1v) is 7.86. The average molecular weight is 355 g/mol. The summed E-state index contributed by atoms with van der Waals surface area (Å²) in [5.41, 5.74) is -0.451. The molecule has 0 N–H and O–H groups in total. The number of hydrogen-bond acceptors (Lipinski definition) is 5. The Bertz CT molecular complexity index is 543. The summed E-state index contributed by atoms with van der Waals surface area (Å²) in [6, 6.07) is 0.473. The van der Waals surface area contributed by atoms with Gasteiger partial charge in [0.1, 0.15) is 5.60 Å². The van der Waals surface area contributed by atoms with Crippen LogP contribution in [0.15, 0.2) is 16.9 Å². The first-order chi connectivity index (χ1) is 9.83. The van der Waals surface area contributed by atoms with Crippen LogP contribution < -0.4 is 4.90 Å². The lowest BCUT2D eigenvalue weighted by atomic mass is 10.2. The van der Waals surface area contributed by atoms with Crippen molar-refractivity contribution in [3.8, 4) is 0 Å². The molecule has 114 valence electrons. The highest BCUT2D eigenvalue weighted by Crippen LogP contribution is 2.33. The minimum absolute atomic E-state index is 0.192. The van der Waals surface area contributed by atoms with E-state index in [1.165, 1.54) is 0 Å². The molecule has 0 aliphatic carbocycles. The number of fused-ring (bicyclic) bond motifs is 2. The Morgan fingerprint density at radius 1 is 1.29 bits per heavy atom. The predicted molar refractivity (Wildman–Crippen MR) is 82.2 cm³/mol. The van der Waals surface area contributed by atoms with Crippen molar-refractivity contribution in [2.24, 2.45) is 0 Å². The third-order valence-electron chi connectivity index (χ3n) is 3.73. The second kappa shape index (κ2) is 5.12. The molecule has 2 unspecified atom stereocenters. The number of carbonyl (C=O) groups is 1. The van der Waals surface area contributed by atoms with Crippen LogP contribution in [-0.4, -0.2) is 51.7 Å². The molecule has 0 radical (unpaired) electrons. The van der Waals surface area contributed by atoms with Crippen LogP contribution in [-0.2, 0) is 4.74 Å². The fourth-order valence-electron chi connectivity index (χ4n) is 2.91. The summed E-state index contributed by atoms with van der Waals surface area (Å²) in [6.45, 7) is 7.12. The van der Waals surface area contributed by atoms with Gasteiger partial charge >= 0.3 is 6.09 Å². The predicted octanol–water partition coefficient (Wildman–Crippen LogP) is 2.44. The Morgan fingerprint density at radius 2 is 1.95 bits per heavy atom. The van der Waals surface area contributed by atoms with E-state index in [9.17, 15) is 4.79 Å². The molecule has 6 nitrogen and oxygen atoms in total. The highest BCUT2D eigenvalue weighted by Gasteiger charge is 2.47. The van der Waals surface area contributed by atoms with Gasteiger partial charge in [0.05, 0.1) is 16.6 Å². The van der Waals surface area contributed by atoms with Gasteiger partial charge in [-0.05, 0) is 43.1 Å². The zero-order chi connectivity index (χ0) is 15.2. The molecule has 7 heteroatoms. The maximum Gasteiger partial charge on any atom is 0.410 e. The van der Waals surface area contributed by atoms with Crippen LogP contribution in [0, 0.1) is 0 Å². The number of nitrogens with zero attached hydrogens (tertiary/aromatic N) is 4. The summed E-state index contributed by atoms with van der Waals surface area (Å²) in [6.07, 6.45) is 4.24. The van der Waals surface area contributed by atoms with Crippen molar-refractivity contribution in [1.29, 1.82) is 0 Å². The lowest BCUT2D eigenvalue weighted by Gasteiger charge is -2.35. The number of amides is 1. The summed E-state index contributed by atoms with van der Waals surface area (Å²) in [7, 11) is 0. The quantitative estimate of drug-likeness (QED) is 0.775. The van der Waals surface area contributed by atoms with Gasteiger partial charge in [-0.15, -0.1) is 0 Å². The number of aromatic nitrogens is 2. The number of carbonyl (C=O) groups excluding carboxylic acids is 1. The molecule has 3 heterocycles. The van der Waals surface area contributed by atoms with Gasteiger partial charge in [0, 0.05) is 25.5 Å². The van der Waals surface area contributed by atoms with Gasteiger partial charge < -0.3 is 14.5 Å². The SMILES string of the molecule is CC(C)(C)OC(=O)N1CC2CC1CN2c1ncc(Br)cn1. The van der Waals surface area contributed by atoms with Crippen molar-refractivity contribution in [2.75, 3.05) is 18.0 Å². The molecule has 2 atom stereocenters. The fraction of sp³-hybridized carbons (Fsp3) is 0.643. The van der Waals surface area contributed by atoms with Crippen molar-refractivity contribution in [1.82, 2.24) is 14.9 Å². The Balaban J connectivity index is 1.66. The zero-order valence-corrected chi connectivity index (χ0v) is 14.0. The number of piperazine rings is 1. The molecule has 0 spiro atoms. The molecule has 2 aliphatic heterocycles. The number of rotatable bonds is 1. The van der Waals surface area contributed by atoms with Gasteiger partial charge in [-0.25, -0.2) is 14.8 Å². The van der Waals surface area contributed by atoms with Crippen molar-refractivity contribution < 1.29 is 9.53 Å². The van der Waals surface area contributed by atoms with Crippen LogP contribution in [0.4, 0.5) is 10.7 Å². The Morgan fingerprint density at radius 3 is 2.48 bits per heavy atom. The second-order valence-corrected chi connectivity index (χ2v) is 7.45.